The summed E-state index contributed by atoms with van der Waals surface area (Å²) < 4.78 is 13.0. The molecule has 1 aromatic carbocycles. The van der Waals surface area contributed by atoms with E-state index >= 15 is 0 Å². The molecule has 7 nitrogen and oxygen atoms in total. The van der Waals surface area contributed by atoms with Gasteiger partial charge in [0.25, 0.3) is 0 Å². The Hall–Kier alpha value is -2.10. The van der Waals surface area contributed by atoms with Gasteiger partial charge in [0.2, 0.25) is 0 Å². The minimum absolute atomic E-state index is 0.237. The number of carbonyl (C=O) groups excluding carboxylic acids is 2. The van der Waals surface area contributed by atoms with Gasteiger partial charge in [-0.1, -0.05) is 32.9 Å². The van der Waals surface area contributed by atoms with Gasteiger partial charge in [-0.15, -0.1) is 0 Å². The molecule has 1 atom stereocenters. The third-order valence-electron chi connectivity index (χ3n) is 4.87. The monoisotopic (exact) mass is 527 g/mol. The lowest BCUT2D eigenvalue weighted by atomic mass is 10.1. The molecule has 0 spiro atoms. The Balaban J connectivity index is 1.62. The largest absolute Gasteiger partial charge is 0.465 e. The lowest BCUT2D eigenvalue weighted by Crippen LogP contribution is -2.50. The summed E-state index contributed by atoms with van der Waals surface area (Å²) in [7, 11) is 3.49. The average molecular weight is 527 g/mol. The molecule has 0 aromatic heterocycles. The van der Waals surface area contributed by atoms with Crippen LogP contribution in [0.4, 0.5) is 4.79 Å². The Morgan fingerprint density at radius 2 is 1.83 bits per heavy atom. The van der Waals surface area contributed by atoms with E-state index in [0.29, 0.717) is 18.7 Å². The topological polar surface area (TPSA) is 62.3 Å². The number of alkyl halides is 1. The van der Waals surface area contributed by atoms with Gasteiger partial charge in [0.15, 0.2) is 0 Å². The van der Waals surface area contributed by atoms with Crippen LogP contribution in [0.3, 0.4) is 0 Å². The van der Waals surface area contributed by atoms with Crippen molar-refractivity contribution in [2.45, 2.75) is 30.4 Å². The molecule has 0 radical (unpaired) electrons. The molecular formula is C22H30IN3O4. The first-order chi connectivity index (χ1) is 14.2. The molecule has 1 aromatic rings. The van der Waals surface area contributed by atoms with Crippen LogP contribution in [-0.4, -0.2) is 76.7 Å². The maximum atomic E-state index is 12.3. The van der Waals surface area contributed by atoms with Crippen LogP contribution < -0.4 is 0 Å². The molecule has 0 aliphatic carbocycles. The second-order valence-corrected chi connectivity index (χ2v) is 10.9. The van der Waals surface area contributed by atoms with Crippen LogP contribution in [0.2, 0.25) is 0 Å². The van der Waals surface area contributed by atoms with Crippen LogP contribution in [0.15, 0.2) is 36.2 Å². The highest BCUT2D eigenvalue weighted by Crippen LogP contribution is 2.36. The first-order valence-corrected chi connectivity index (χ1v) is 12.5. The van der Waals surface area contributed by atoms with Crippen molar-refractivity contribution in [3.63, 3.8) is 0 Å². The maximum absolute atomic E-state index is 12.3. The van der Waals surface area contributed by atoms with E-state index in [9.17, 15) is 9.59 Å². The number of halogens is 1. The molecule has 0 N–H and O–H groups in total. The van der Waals surface area contributed by atoms with E-state index in [4.69, 9.17) is 9.47 Å². The van der Waals surface area contributed by atoms with Crippen molar-refractivity contribution < 1.29 is 19.1 Å². The minimum Gasteiger partial charge on any atom is -0.465 e. The molecule has 0 saturated carbocycles. The van der Waals surface area contributed by atoms with Gasteiger partial charge in [0.05, 0.1) is 18.4 Å². The number of rotatable bonds is 3. The summed E-state index contributed by atoms with van der Waals surface area (Å²) in [6, 6.07) is 7.69. The highest BCUT2D eigenvalue weighted by molar-refractivity contribution is 14.2. The van der Waals surface area contributed by atoms with Crippen molar-refractivity contribution in [2.75, 3.05) is 40.3 Å². The fourth-order valence-corrected chi connectivity index (χ4v) is 6.11. The van der Waals surface area contributed by atoms with E-state index in [1.807, 2.05) is 32.9 Å². The van der Waals surface area contributed by atoms with E-state index in [0.717, 1.165) is 18.7 Å². The number of benzene rings is 1. The van der Waals surface area contributed by atoms with E-state index < -0.39 is 5.60 Å². The average Bonchev–Trinajstić information content (AvgIpc) is 2.72. The molecule has 30 heavy (non-hydrogen) atoms. The van der Waals surface area contributed by atoms with Crippen LogP contribution >= 0.6 is 20.7 Å². The second kappa shape index (κ2) is 9.36. The van der Waals surface area contributed by atoms with Gasteiger partial charge in [-0.25, -0.2) is 9.59 Å². The third kappa shape index (κ3) is 5.53. The Kier molecular flexibility index (Phi) is 7.05. The normalized spacial score (nSPS) is 19.7. The molecule has 0 bridgehead atoms. The van der Waals surface area contributed by atoms with Crippen LogP contribution in [0.5, 0.6) is 0 Å². The van der Waals surface area contributed by atoms with Crippen LogP contribution in [0.1, 0.15) is 40.7 Å². The molecule has 1 unspecified atom stereocenters. The van der Waals surface area contributed by atoms with Gasteiger partial charge in [-0.05, 0) is 42.5 Å². The molecule has 1 saturated heterocycles. The number of piperazine rings is 1. The molecule has 2 aliphatic rings. The van der Waals surface area contributed by atoms with Crippen molar-refractivity contribution in [3.05, 3.63) is 47.3 Å². The molecule has 2 aliphatic heterocycles. The predicted molar refractivity (Wildman–Crippen MR) is 126 cm³/mol. The van der Waals surface area contributed by atoms with Crippen molar-refractivity contribution in [1.29, 1.82) is 0 Å². The summed E-state index contributed by atoms with van der Waals surface area (Å²) in [6.07, 6.45) is 1.93. The summed E-state index contributed by atoms with van der Waals surface area (Å²) in [5, 5.41) is 0. The van der Waals surface area contributed by atoms with Crippen LogP contribution in [0, 0.1) is 0 Å². The Morgan fingerprint density at radius 1 is 1.13 bits per heavy atom. The van der Waals surface area contributed by atoms with E-state index in [1.165, 1.54) is 12.8 Å². The van der Waals surface area contributed by atoms with Crippen molar-refractivity contribution in [3.8, 4) is 0 Å². The van der Waals surface area contributed by atoms with Gasteiger partial charge in [-0.2, -0.15) is 0 Å². The number of nitrogens with zero attached hydrogens (tertiary/aromatic N) is 3. The Labute approximate surface area is 188 Å². The predicted octanol–water partition coefficient (Wildman–Crippen LogP) is 3.58. The molecule has 3 rings (SSSR count). The maximum Gasteiger partial charge on any atom is 0.410 e. The lowest BCUT2D eigenvalue weighted by Gasteiger charge is -2.39. The fraction of sp³-hybridized carbons (Fsp3) is 0.500. The molecule has 1 amide bonds. The van der Waals surface area contributed by atoms with Crippen LogP contribution in [0.25, 0.3) is 0 Å². The zero-order valence-corrected chi connectivity index (χ0v) is 20.4. The molecule has 1 fully saturated rings. The van der Waals surface area contributed by atoms with Crippen molar-refractivity contribution in [2.24, 2.45) is 0 Å². The van der Waals surface area contributed by atoms with E-state index in [2.05, 4.69) is 33.1 Å². The number of amides is 1. The van der Waals surface area contributed by atoms with Gasteiger partial charge in [0.1, 0.15) is 9.65 Å². The molecule has 8 heteroatoms. The first kappa shape index (κ1) is 22.6. The van der Waals surface area contributed by atoms with E-state index in [1.54, 1.807) is 11.0 Å². The van der Waals surface area contributed by atoms with Gasteiger partial charge in [0, 0.05) is 39.4 Å². The number of hydrogen-bond donors (Lipinski definition) is 0. The first-order valence-electron chi connectivity index (χ1n) is 9.98. The summed E-state index contributed by atoms with van der Waals surface area (Å²) in [6.45, 7) is 8.57. The molecular weight excluding hydrogens is 497 g/mol. The summed E-state index contributed by atoms with van der Waals surface area (Å²) in [4.78, 5) is 30.5. The number of allylic oxidation sites excluding steroid dienone is 1. The second-order valence-electron chi connectivity index (χ2n) is 8.36. The zero-order valence-electron chi connectivity index (χ0n) is 18.2. The summed E-state index contributed by atoms with van der Waals surface area (Å²) >= 11 is -0.284. The quantitative estimate of drug-likeness (QED) is 0.259. The van der Waals surface area contributed by atoms with Gasteiger partial charge < -0.3 is 24.2 Å². The van der Waals surface area contributed by atoms with Crippen molar-refractivity contribution in [1.82, 2.24) is 14.7 Å². The fourth-order valence-electron chi connectivity index (χ4n) is 3.38. The van der Waals surface area contributed by atoms with Gasteiger partial charge >= 0.3 is 12.1 Å². The number of esters is 1. The Bertz CT molecular complexity index is 854. The molecule has 164 valence electrons. The number of ether oxygens (including phenoxy) is 2. The van der Waals surface area contributed by atoms with Crippen LogP contribution in [-0.2, 0) is 9.47 Å². The highest BCUT2D eigenvalue weighted by Gasteiger charge is 2.27. The Morgan fingerprint density at radius 3 is 2.43 bits per heavy atom. The standard InChI is InChI=1S/C22H30IN3O4/c1-22(2,3)30-21(28)26-11-9-25(10-12-26)18-14-23-19(24(4)15-18)16-7-6-8-17(13-16)20(27)29-5/h6-8,13-15,19H,9-12H2,1-5H3. The number of carbonyl (C=O) groups is 2. The summed E-state index contributed by atoms with van der Waals surface area (Å²) in [5.41, 5.74) is 2.46. The van der Waals surface area contributed by atoms with E-state index in [-0.39, 0.29) is 36.8 Å². The molecule has 2 heterocycles. The minimum atomic E-state index is -0.471. The summed E-state index contributed by atoms with van der Waals surface area (Å²) in [5.74, 6) is -0.309. The SMILES string of the molecule is COC(=O)c1cccc(C2I=CC(N3CCN(C(=O)OC(C)(C)C)CC3)=CN2C)c1. The zero-order chi connectivity index (χ0) is 21.9. The number of hydrogen-bond acceptors (Lipinski definition) is 6. The van der Waals surface area contributed by atoms with Gasteiger partial charge in [-0.3, -0.25) is 0 Å². The third-order valence-corrected chi connectivity index (χ3v) is 8.14. The smallest absolute Gasteiger partial charge is 0.410 e. The highest BCUT2D eigenvalue weighted by atomic mass is 127. The lowest BCUT2D eigenvalue weighted by molar-refractivity contribution is 0.0172. The number of methoxy groups -OCH3 is 1. The van der Waals surface area contributed by atoms with Crippen molar-refractivity contribution >= 4 is 36.8 Å².